The first kappa shape index (κ1) is 46.6. The lowest BCUT2D eigenvalue weighted by Crippen LogP contribution is -2.59. The maximum Gasteiger partial charge on any atom is 0.252 e. The van der Waals surface area contributed by atoms with Crippen LogP contribution in [0.3, 0.4) is 0 Å². The molecule has 20 aromatic rings. The van der Waals surface area contributed by atoms with Gasteiger partial charge in [-0.05, 0) is 192 Å². The van der Waals surface area contributed by atoms with Gasteiger partial charge in [0.05, 0.1) is 27.6 Å². The van der Waals surface area contributed by atoms with E-state index in [-0.39, 0.29) is 6.71 Å². The number of pyridine rings is 2. The van der Waals surface area contributed by atoms with Gasteiger partial charge in [0.1, 0.15) is 0 Å². The number of hydrogen-bond acceptors (Lipinski definition) is 2. The second-order valence-corrected chi connectivity index (χ2v) is 24.9. The largest absolute Gasteiger partial charge is 0.310 e. The van der Waals surface area contributed by atoms with Crippen molar-refractivity contribution in [2.75, 3.05) is 0 Å². The number of hydrogen-bond donors (Lipinski definition) is 0. The zero-order valence-electron chi connectivity index (χ0n) is 47.8. The van der Waals surface area contributed by atoms with E-state index in [1.54, 1.807) is 0 Å². The van der Waals surface area contributed by atoms with Crippen LogP contribution in [0.25, 0.3) is 196 Å². The average molecular weight is 1120 g/mol. The fourth-order valence-electron chi connectivity index (χ4n) is 17.4. The van der Waals surface area contributed by atoms with Crippen LogP contribution in [-0.4, -0.2) is 25.8 Å². The Morgan fingerprint density at radius 1 is 0.247 bits per heavy atom. The molecule has 0 fully saturated rings. The van der Waals surface area contributed by atoms with Gasteiger partial charge in [-0.1, -0.05) is 194 Å². The predicted molar refractivity (Wildman–Crippen MR) is 379 cm³/mol. The van der Waals surface area contributed by atoms with Crippen molar-refractivity contribution >= 4 is 185 Å². The molecular weight excluding hydrogens is 1080 g/mol. The fourth-order valence-corrected chi connectivity index (χ4v) is 17.4. The summed E-state index contributed by atoms with van der Waals surface area (Å²) in [6.07, 6.45) is 3.94. The van der Waals surface area contributed by atoms with Crippen LogP contribution in [0.5, 0.6) is 0 Å². The van der Waals surface area contributed by atoms with Crippen molar-refractivity contribution in [3.63, 3.8) is 0 Å². The van der Waals surface area contributed by atoms with Crippen LogP contribution >= 0.6 is 0 Å². The Bertz CT molecular complexity index is 6740. The summed E-state index contributed by atoms with van der Waals surface area (Å²) in [6.45, 7) is -0.135. The third kappa shape index (κ3) is 5.82. The van der Waals surface area contributed by atoms with Gasteiger partial charge in [0.2, 0.25) is 0 Å². The first-order chi connectivity index (χ1) is 44.2. The maximum atomic E-state index is 4.92. The van der Waals surface area contributed by atoms with Gasteiger partial charge in [-0.2, -0.15) is 0 Å². The van der Waals surface area contributed by atoms with Gasteiger partial charge in [-0.25, -0.2) is 0 Å². The van der Waals surface area contributed by atoms with Gasteiger partial charge in [-0.3, -0.25) is 9.97 Å². The highest BCUT2D eigenvalue weighted by atomic mass is 15.0. The average Bonchev–Trinajstić information content (AvgIpc) is 1.57. The smallest absolute Gasteiger partial charge is 0.252 e. The van der Waals surface area contributed by atoms with Crippen LogP contribution < -0.4 is 16.4 Å². The van der Waals surface area contributed by atoms with E-state index in [1.165, 1.54) is 191 Å². The van der Waals surface area contributed by atoms with Gasteiger partial charge >= 0.3 is 0 Å². The van der Waals surface area contributed by atoms with Crippen molar-refractivity contribution in [2.24, 2.45) is 0 Å². The molecule has 22 rings (SSSR count). The summed E-state index contributed by atoms with van der Waals surface area (Å²) in [5.74, 6) is 0. The molecular formula is C84H45BN4. The molecule has 0 unspecified atom stereocenters. The topological polar surface area (TPSA) is 35.6 Å². The lowest BCUT2D eigenvalue weighted by atomic mass is 9.34. The summed E-state index contributed by atoms with van der Waals surface area (Å²) in [5, 5.41) is 30.3. The molecule has 2 aliphatic heterocycles. The highest BCUT2D eigenvalue weighted by Gasteiger charge is 2.42. The molecule has 0 radical (unpaired) electrons. The standard InChI is InChI=1S/C84H45BN4/c1-4-20-54-50(16-1)51-17-2-5-21-55(51)65-44-67-62-33-34-63-80-78-60-26-9-7-19-53(60)52-18-3-6-22-56(52)69(78)45-72-84(80)89(83(63)79(62)61-27-10-8-23-57(61)66(67)43-64(54)65)77-31-15-30-76-81(77)85(72)71-42-47(49-37-39-87-74-29-14-12-25-59(49)74)41-70-68-40-46(32-35-75(68)88(76)82(70)71)48-36-38-86-73-28-13-11-24-58(48)73/h1-45H. The maximum absolute atomic E-state index is 4.92. The summed E-state index contributed by atoms with van der Waals surface area (Å²) < 4.78 is 5.36. The molecule has 0 saturated heterocycles. The van der Waals surface area contributed by atoms with E-state index in [9.17, 15) is 0 Å². The molecule has 89 heavy (non-hydrogen) atoms. The highest BCUT2D eigenvalue weighted by molar-refractivity contribution is 7.00. The molecule has 0 saturated carbocycles. The Labute approximate surface area is 508 Å². The molecule has 0 N–H and O–H groups in total. The summed E-state index contributed by atoms with van der Waals surface area (Å²) >= 11 is 0. The molecule has 0 amide bonds. The molecule has 5 heteroatoms. The Morgan fingerprint density at radius 2 is 0.697 bits per heavy atom. The molecule has 4 aromatic heterocycles. The fraction of sp³-hybridized carbons (Fsp3) is 0. The third-order valence-corrected chi connectivity index (χ3v) is 20.9. The second kappa shape index (κ2) is 16.6. The van der Waals surface area contributed by atoms with Gasteiger partial charge in [0, 0.05) is 72.4 Å². The lowest BCUT2D eigenvalue weighted by Gasteiger charge is -2.34. The van der Waals surface area contributed by atoms with Crippen molar-refractivity contribution in [3.05, 3.63) is 273 Å². The third-order valence-electron chi connectivity index (χ3n) is 20.9. The number of nitrogens with zero attached hydrogens (tertiary/aromatic N) is 4. The number of rotatable bonds is 2. The monoisotopic (exact) mass is 1120 g/mol. The summed E-state index contributed by atoms with van der Waals surface area (Å²) in [7, 11) is 0. The van der Waals surface area contributed by atoms with Crippen molar-refractivity contribution in [1.29, 1.82) is 0 Å². The molecule has 4 nitrogen and oxygen atoms in total. The SMILES string of the molecule is c1cc2c3c(c1)-n1c4c(cc5c6ccccc6c6ccccc6c5c4c4ccc5c6cc7c8ccccc8c8ccccc8c7cc6c6ccccc6c5c41)B3c1cc(-c3ccnc4ccccc34)cc3c4cc(-c5ccnc6ccccc56)ccc4n-2c13. The van der Waals surface area contributed by atoms with E-state index in [0.29, 0.717) is 0 Å². The zero-order chi connectivity index (χ0) is 57.5. The Morgan fingerprint density at radius 3 is 1.31 bits per heavy atom. The number of aromatic nitrogens is 4. The molecule has 16 aromatic carbocycles. The van der Waals surface area contributed by atoms with Crippen molar-refractivity contribution in [3.8, 4) is 33.6 Å². The van der Waals surface area contributed by atoms with Crippen molar-refractivity contribution in [2.45, 2.75) is 0 Å². The molecule has 2 aliphatic rings. The lowest BCUT2D eigenvalue weighted by molar-refractivity contribution is 1.15. The quantitative estimate of drug-likeness (QED) is 0.0982. The molecule has 6 heterocycles. The van der Waals surface area contributed by atoms with Crippen LogP contribution in [0.2, 0.25) is 0 Å². The van der Waals surface area contributed by atoms with Crippen LogP contribution in [0, 0.1) is 0 Å². The van der Waals surface area contributed by atoms with Crippen LogP contribution in [0.4, 0.5) is 0 Å². The van der Waals surface area contributed by atoms with Gasteiger partial charge in [0.15, 0.2) is 0 Å². The zero-order valence-corrected chi connectivity index (χ0v) is 47.8. The minimum Gasteiger partial charge on any atom is -0.310 e. The van der Waals surface area contributed by atoms with Crippen LogP contribution in [0.1, 0.15) is 0 Å². The molecule has 0 aliphatic carbocycles. The highest BCUT2D eigenvalue weighted by Crippen LogP contribution is 2.51. The molecule has 404 valence electrons. The van der Waals surface area contributed by atoms with Gasteiger partial charge < -0.3 is 9.13 Å². The second-order valence-electron chi connectivity index (χ2n) is 24.9. The minimum atomic E-state index is -0.135. The summed E-state index contributed by atoms with van der Waals surface area (Å²) in [4.78, 5) is 9.72. The number of para-hydroxylation sites is 2. The number of benzene rings is 16. The van der Waals surface area contributed by atoms with E-state index in [1.807, 2.05) is 12.4 Å². The van der Waals surface area contributed by atoms with Crippen LogP contribution in [0.15, 0.2) is 273 Å². The van der Waals surface area contributed by atoms with Crippen molar-refractivity contribution < 1.29 is 0 Å². The Balaban J connectivity index is 0.946. The van der Waals surface area contributed by atoms with Gasteiger partial charge in [0.25, 0.3) is 6.71 Å². The van der Waals surface area contributed by atoms with Crippen LogP contribution in [-0.2, 0) is 0 Å². The normalized spacial score (nSPS) is 12.9. The minimum absolute atomic E-state index is 0.135. The number of fused-ring (bicyclic) bond motifs is 32. The van der Waals surface area contributed by atoms with E-state index in [2.05, 4.69) is 270 Å². The first-order valence-corrected chi connectivity index (χ1v) is 31.0. The summed E-state index contributed by atoms with van der Waals surface area (Å²) in [6, 6.07) is 99.1. The molecule has 0 spiro atoms. The van der Waals surface area contributed by atoms with E-state index in [0.717, 1.165) is 21.8 Å². The summed E-state index contributed by atoms with van der Waals surface area (Å²) in [5.41, 5.74) is 18.0. The van der Waals surface area contributed by atoms with E-state index >= 15 is 0 Å². The van der Waals surface area contributed by atoms with E-state index < -0.39 is 0 Å². The predicted octanol–water partition coefficient (Wildman–Crippen LogP) is 19.8. The van der Waals surface area contributed by atoms with Gasteiger partial charge in [-0.15, -0.1) is 0 Å². The Hall–Kier alpha value is -11.7. The first-order valence-electron chi connectivity index (χ1n) is 31.0. The molecule has 0 atom stereocenters. The van der Waals surface area contributed by atoms with Crippen molar-refractivity contribution in [1.82, 2.24) is 19.1 Å². The molecule has 0 bridgehead atoms. The Kier molecular flexibility index (Phi) is 8.72. The van der Waals surface area contributed by atoms with E-state index in [4.69, 9.17) is 9.97 Å².